The van der Waals surface area contributed by atoms with Crippen LogP contribution < -0.4 is 5.32 Å². The van der Waals surface area contributed by atoms with E-state index in [2.05, 4.69) is 17.2 Å². The summed E-state index contributed by atoms with van der Waals surface area (Å²) >= 11 is 0. The van der Waals surface area contributed by atoms with Crippen LogP contribution in [0.5, 0.6) is 0 Å². The van der Waals surface area contributed by atoms with E-state index < -0.39 is 0 Å². The Morgan fingerprint density at radius 2 is 2.15 bits per heavy atom. The van der Waals surface area contributed by atoms with Gasteiger partial charge in [-0.3, -0.25) is 4.98 Å². The van der Waals surface area contributed by atoms with Crippen LogP contribution in [0.15, 0.2) is 24.5 Å². The van der Waals surface area contributed by atoms with Crippen LogP contribution in [-0.2, 0) is 0 Å². The van der Waals surface area contributed by atoms with Gasteiger partial charge in [-0.2, -0.15) is 0 Å². The van der Waals surface area contributed by atoms with Crippen molar-refractivity contribution < 1.29 is 10.4 Å². The Morgan fingerprint density at radius 1 is 1.46 bits per heavy atom. The van der Waals surface area contributed by atoms with Gasteiger partial charge in [-0.05, 0) is 19.1 Å². The first-order valence-corrected chi connectivity index (χ1v) is 4.68. The van der Waals surface area contributed by atoms with E-state index in [1.54, 1.807) is 0 Å². The molecule has 0 unspecified atom stereocenters. The van der Waals surface area contributed by atoms with Gasteiger partial charge in [0.2, 0.25) is 0 Å². The number of aliphatic hydroxyl groups is 1. The minimum absolute atomic E-state index is 0.277. The standard InChI is InChI=1S/C10H16N2O/c1-9(12-5-2-8-13)10-3-6-11-7-4-10/h3-4,6-7,9,12-13H,2,5,8H2,1H3/p+1/t9-/m1/s1. The van der Waals surface area contributed by atoms with Gasteiger partial charge in [0.1, 0.15) is 6.04 Å². The zero-order valence-electron chi connectivity index (χ0n) is 7.98. The van der Waals surface area contributed by atoms with Crippen LogP contribution in [0.25, 0.3) is 0 Å². The summed E-state index contributed by atoms with van der Waals surface area (Å²) in [7, 11) is 0. The predicted octanol–water partition coefficient (Wildman–Crippen LogP) is 0.0884. The third-order valence-electron chi connectivity index (χ3n) is 2.11. The van der Waals surface area contributed by atoms with Crippen LogP contribution in [0.4, 0.5) is 0 Å². The second-order valence-electron chi connectivity index (χ2n) is 3.17. The van der Waals surface area contributed by atoms with Crippen molar-refractivity contribution in [2.24, 2.45) is 0 Å². The zero-order chi connectivity index (χ0) is 9.52. The minimum atomic E-state index is 0.277. The lowest BCUT2D eigenvalue weighted by Crippen LogP contribution is -2.84. The Hall–Kier alpha value is -0.930. The fraction of sp³-hybridized carbons (Fsp3) is 0.500. The van der Waals surface area contributed by atoms with Gasteiger partial charge in [-0.25, -0.2) is 0 Å². The van der Waals surface area contributed by atoms with Gasteiger partial charge in [0, 0.05) is 31.0 Å². The molecule has 3 heteroatoms. The van der Waals surface area contributed by atoms with Crippen LogP contribution in [0.3, 0.4) is 0 Å². The third-order valence-corrected chi connectivity index (χ3v) is 2.11. The highest BCUT2D eigenvalue weighted by atomic mass is 16.3. The first kappa shape index (κ1) is 10.2. The van der Waals surface area contributed by atoms with Crippen molar-refractivity contribution in [2.45, 2.75) is 19.4 Å². The first-order valence-electron chi connectivity index (χ1n) is 4.68. The van der Waals surface area contributed by atoms with Crippen molar-refractivity contribution in [3.8, 4) is 0 Å². The second kappa shape index (κ2) is 5.67. The molecule has 0 saturated carbocycles. The molecule has 0 aliphatic rings. The van der Waals surface area contributed by atoms with Crippen molar-refractivity contribution >= 4 is 0 Å². The molecule has 0 saturated heterocycles. The number of nitrogens with zero attached hydrogens (tertiary/aromatic N) is 1. The van der Waals surface area contributed by atoms with Crippen LogP contribution >= 0.6 is 0 Å². The molecule has 3 N–H and O–H groups in total. The van der Waals surface area contributed by atoms with Gasteiger partial charge < -0.3 is 10.4 Å². The van der Waals surface area contributed by atoms with Crippen LogP contribution in [-0.4, -0.2) is 23.2 Å². The quantitative estimate of drug-likeness (QED) is 0.632. The van der Waals surface area contributed by atoms with Gasteiger partial charge >= 0.3 is 0 Å². The second-order valence-corrected chi connectivity index (χ2v) is 3.17. The molecule has 72 valence electrons. The SMILES string of the molecule is C[C@@H]([NH2+]CCCO)c1ccncc1. The smallest absolute Gasteiger partial charge is 0.109 e. The molecular formula is C10H17N2O+. The number of rotatable bonds is 5. The fourth-order valence-electron chi connectivity index (χ4n) is 1.26. The van der Waals surface area contributed by atoms with Crippen molar-refractivity contribution in [3.05, 3.63) is 30.1 Å². The van der Waals surface area contributed by atoms with E-state index in [9.17, 15) is 0 Å². The molecule has 1 aromatic heterocycles. The number of hydrogen-bond acceptors (Lipinski definition) is 2. The summed E-state index contributed by atoms with van der Waals surface area (Å²) < 4.78 is 0. The Bertz CT molecular complexity index is 226. The average Bonchev–Trinajstić information content (AvgIpc) is 2.19. The Morgan fingerprint density at radius 3 is 2.77 bits per heavy atom. The maximum Gasteiger partial charge on any atom is 0.109 e. The molecule has 1 rings (SSSR count). The summed E-state index contributed by atoms with van der Waals surface area (Å²) in [5.41, 5.74) is 1.29. The van der Waals surface area contributed by atoms with Gasteiger partial charge in [0.25, 0.3) is 0 Å². The van der Waals surface area contributed by atoms with Gasteiger partial charge in [0.15, 0.2) is 0 Å². The maximum absolute atomic E-state index is 8.62. The highest BCUT2D eigenvalue weighted by Crippen LogP contribution is 2.04. The van der Waals surface area contributed by atoms with Crippen molar-refractivity contribution in [1.82, 2.24) is 4.98 Å². The highest BCUT2D eigenvalue weighted by Gasteiger charge is 2.05. The molecule has 0 amide bonds. The van der Waals surface area contributed by atoms with E-state index in [1.165, 1.54) is 5.56 Å². The van der Waals surface area contributed by atoms with Crippen LogP contribution in [0.1, 0.15) is 24.9 Å². The van der Waals surface area contributed by atoms with Gasteiger partial charge in [-0.1, -0.05) is 0 Å². The molecule has 0 spiro atoms. The van der Waals surface area contributed by atoms with Crippen LogP contribution in [0, 0.1) is 0 Å². The summed E-state index contributed by atoms with van der Waals surface area (Å²) in [6.07, 6.45) is 4.48. The van der Waals surface area contributed by atoms with Crippen molar-refractivity contribution in [3.63, 3.8) is 0 Å². The largest absolute Gasteiger partial charge is 0.396 e. The molecule has 1 aromatic rings. The minimum Gasteiger partial charge on any atom is -0.396 e. The third kappa shape index (κ3) is 3.53. The highest BCUT2D eigenvalue weighted by molar-refractivity contribution is 5.11. The number of pyridine rings is 1. The summed E-state index contributed by atoms with van der Waals surface area (Å²) in [5, 5.41) is 10.8. The fourth-order valence-corrected chi connectivity index (χ4v) is 1.26. The molecule has 0 aromatic carbocycles. The number of nitrogens with two attached hydrogens (primary N) is 1. The lowest BCUT2D eigenvalue weighted by molar-refractivity contribution is -0.693. The van der Waals surface area contributed by atoms with E-state index in [1.807, 2.05) is 24.5 Å². The molecule has 1 heterocycles. The summed E-state index contributed by atoms with van der Waals surface area (Å²) in [6.45, 7) is 3.41. The number of quaternary nitrogens is 1. The van der Waals surface area contributed by atoms with E-state index in [4.69, 9.17) is 5.11 Å². The van der Waals surface area contributed by atoms with Crippen molar-refractivity contribution in [1.29, 1.82) is 0 Å². The molecule has 0 radical (unpaired) electrons. The molecule has 0 aliphatic carbocycles. The molecule has 13 heavy (non-hydrogen) atoms. The normalized spacial score (nSPS) is 12.8. The van der Waals surface area contributed by atoms with Gasteiger partial charge in [-0.15, -0.1) is 0 Å². The molecule has 0 bridgehead atoms. The zero-order valence-corrected chi connectivity index (χ0v) is 7.98. The molecule has 3 nitrogen and oxygen atoms in total. The average molecular weight is 181 g/mol. The van der Waals surface area contributed by atoms with E-state index in [0.717, 1.165) is 13.0 Å². The number of aliphatic hydroxyl groups excluding tert-OH is 1. The number of aromatic nitrogens is 1. The molecule has 1 atom stereocenters. The molecule has 0 aliphatic heterocycles. The summed E-state index contributed by atoms with van der Waals surface area (Å²) in [4.78, 5) is 3.97. The first-order chi connectivity index (χ1) is 6.34. The Balaban J connectivity index is 2.35. The summed E-state index contributed by atoms with van der Waals surface area (Å²) in [6, 6.07) is 4.51. The monoisotopic (exact) mass is 181 g/mol. The van der Waals surface area contributed by atoms with Crippen molar-refractivity contribution in [2.75, 3.05) is 13.2 Å². The van der Waals surface area contributed by atoms with E-state index in [-0.39, 0.29) is 6.61 Å². The predicted molar refractivity (Wildman–Crippen MR) is 51.1 cm³/mol. The maximum atomic E-state index is 8.62. The Kier molecular flexibility index (Phi) is 4.43. The Labute approximate surface area is 78.8 Å². The topological polar surface area (TPSA) is 49.7 Å². The van der Waals surface area contributed by atoms with E-state index in [0.29, 0.717) is 6.04 Å². The number of hydrogen-bond donors (Lipinski definition) is 2. The van der Waals surface area contributed by atoms with Crippen LogP contribution in [0.2, 0.25) is 0 Å². The molecular weight excluding hydrogens is 164 g/mol. The lowest BCUT2D eigenvalue weighted by Gasteiger charge is -2.09. The van der Waals surface area contributed by atoms with E-state index >= 15 is 0 Å². The van der Waals surface area contributed by atoms with Gasteiger partial charge in [0.05, 0.1) is 6.54 Å². The summed E-state index contributed by atoms with van der Waals surface area (Å²) in [5.74, 6) is 0. The molecule has 0 fully saturated rings. The lowest BCUT2D eigenvalue weighted by atomic mass is 10.1.